The van der Waals surface area contributed by atoms with Crippen molar-refractivity contribution >= 4 is 29.3 Å². The monoisotopic (exact) mass is 423 g/mol. The van der Waals surface area contributed by atoms with E-state index < -0.39 is 0 Å². The SMILES string of the molecule is CC(Sc1nnc(C2CCCCC2)o1)C(=O)N(C)CCOc1ccc(Cl)cc1. The van der Waals surface area contributed by atoms with Crippen LogP contribution in [0, 0.1) is 0 Å². The maximum absolute atomic E-state index is 12.6. The number of thioether (sulfide) groups is 1. The number of benzene rings is 1. The van der Waals surface area contributed by atoms with Gasteiger partial charge in [0.05, 0.1) is 11.8 Å². The van der Waals surface area contributed by atoms with Crippen molar-refractivity contribution in [1.29, 1.82) is 0 Å². The molecule has 0 radical (unpaired) electrons. The Morgan fingerprint density at radius 1 is 1.29 bits per heavy atom. The second kappa shape index (κ2) is 10.2. The number of nitrogens with zero attached hydrogens (tertiary/aromatic N) is 3. The first kappa shape index (κ1) is 21.0. The molecule has 1 aromatic heterocycles. The van der Waals surface area contributed by atoms with Crippen molar-refractivity contribution in [2.45, 2.75) is 55.4 Å². The topological polar surface area (TPSA) is 68.5 Å². The third-order valence-electron chi connectivity index (χ3n) is 4.89. The number of carbonyl (C=O) groups is 1. The molecule has 2 aromatic rings. The molecular weight excluding hydrogens is 398 g/mol. The summed E-state index contributed by atoms with van der Waals surface area (Å²) in [4.78, 5) is 14.2. The zero-order valence-electron chi connectivity index (χ0n) is 16.3. The van der Waals surface area contributed by atoms with Crippen LogP contribution in [0.2, 0.25) is 5.02 Å². The van der Waals surface area contributed by atoms with Crippen LogP contribution in [-0.2, 0) is 4.79 Å². The van der Waals surface area contributed by atoms with Gasteiger partial charge in [-0.2, -0.15) is 0 Å². The number of carbonyl (C=O) groups excluding carboxylic acids is 1. The fourth-order valence-corrected chi connectivity index (χ4v) is 4.17. The second-order valence-electron chi connectivity index (χ2n) is 7.06. The van der Waals surface area contributed by atoms with Gasteiger partial charge < -0.3 is 14.1 Å². The van der Waals surface area contributed by atoms with E-state index in [0.29, 0.717) is 35.2 Å². The predicted octanol–water partition coefficient (Wildman–Crippen LogP) is 4.79. The molecule has 6 nitrogen and oxygen atoms in total. The summed E-state index contributed by atoms with van der Waals surface area (Å²) < 4.78 is 11.5. The van der Waals surface area contributed by atoms with Crippen LogP contribution < -0.4 is 4.74 Å². The van der Waals surface area contributed by atoms with Crippen LogP contribution in [0.3, 0.4) is 0 Å². The number of halogens is 1. The van der Waals surface area contributed by atoms with Gasteiger partial charge in [0.25, 0.3) is 5.22 Å². The molecule has 1 saturated carbocycles. The van der Waals surface area contributed by atoms with Gasteiger partial charge in [-0.05, 0) is 44.0 Å². The summed E-state index contributed by atoms with van der Waals surface area (Å²) in [5.74, 6) is 1.82. The first-order chi connectivity index (χ1) is 13.5. The number of hydrogen-bond donors (Lipinski definition) is 0. The van der Waals surface area contributed by atoms with Crippen LogP contribution >= 0.6 is 23.4 Å². The number of aromatic nitrogens is 2. The molecule has 0 spiro atoms. The number of likely N-dealkylation sites (N-methyl/N-ethyl adjacent to an activating group) is 1. The van der Waals surface area contributed by atoms with E-state index in [2.05, 4.69) is 10.2 Å². The molecule has 3 rings (SSSR count). The molecule has 1 amide bonds. The van der Waals surface area contributed by atoms with Crippen molar-refractivity contribution < 1.29 is 13.9 Å². The lowest BCUT2D eigenvalue weighted by Crippen LogP contribution is -2.36. The summed E-state index contributed by atoms with van der Waals surface area (Å²) in [5, 5.41) is 9.14. The zero-order chi connectivity index (χ0) is 19.9. The summed E-state index contributed by atoms with van der Waals surface area (Å²) in [6, 6.07) is 7.16. The Morgan fingerprint density at radius 2 is 2.00 bits per heavy atom. The van der Waals surface area contributed by atoms with Gasteiger partial charge in [0.15, 0.2) is 0 Å². The highest BCUT2D eigenvalue weighted by Gasteiger charge is 2.24. The summed E-state index contributed by atoms with van der Waals surface area (Å²) in [6.45, 7) is 2.76. The van der Waals surface area contributed by atoms with Crippen LogP contribution in [0.15, 0.2) is 33.9 Å². The number of amides is 1. The van der Waals surface area contributed by atoms with E-state index in [-0.39, 0.29) is 11.2 Å². The van der Waals surface area contributed by atoms with Crippen LogP contribution in [0.25, 0.3) is 0 Å². The van der Waals surface area contributed by atoms with Crippen molar-refractivity contribution in [3.63, 3.8) is 0 Å². The van der Waals surface area contributed by atoms with Crippen LogP contribution in [0.1, 0.15) is 50.8 Å². The van der Waals surface area contributed by atoms with Crippen molar-refractivity contribution in [1.82, 2.24) is 15.1 Å². The molecule has 1 atom stereocenters. The van der Waals surface area contributed by atoms with E-state index in [0.717, 1.165) is 18.6 Å². The highest BCUT2D eigenvalue weighted by molar-refractivity contribution is 8.00. The van der Waals surface area contributed by atoms with E-state index in [1.54, 1.807) is 24.1 Å². The Morgan fingerprint density at radius 3 is 2.71 bits per heavy atom. The zero-order valence-corrected chi connectivity index (χ0v) is 17.8. The average molecular weight is 424 g/mol. The predicted molar refractivity (Wildman–Crippen MR) is 110 cm³/mol. The van der Waals surface area contributed by atoms with Gasteiger partial charge in [-0.15, -0.1) is 10.2 Å². The van der Waals surface area contributed by atoms with Crippen LogP contribution in [-0.4, -0.2) is 46.5 Å². The van der Waals surface area contributed by atoms with Gasteiger partial charge in [0, 0.05) is 18.0 Å². The molecule has 1 fully saturated rings. The lowest BCUT2D eigenvalue weighted by atomic mass is 9.89. The molecule has 1 aliphatic carbocycles. The van der Waals surface area contributed by atoms with Crippen molar-refractivity contribution in [3.05, 3.63) is 35.2 Å². The quantitative estimate of drug-likeness (QED) is 0.568. The smallest absolute Gasteiger partial charge is 0.277 e. The molecule has 28 heavy (non-hydrogen) atoms. The number of hydrogen-bond acceptors (Lipinski definition) is 6. The average Bonchev–Trinajstić information content (AvgIpc) is 3.18. The Bertz CT molecular complexity index is 762. The molecule has 1 heterocycles. The summed E-state index contributed by atoms with van der Waals surface area (Å²) in [5.41, 5.74) is 0. The van der Waals surface area contributed by atoms with E-state index >= 15 is 0 Å². The van der Waals surface area contributed by atoms with Crippen molar-refractivity contribution in [3.8, 4) is 5.75 Å². The molecule has 8 heteroatoms. The Kier molecular flexibility index (Phi) is 7.62. The minimum Gasteiger partial charge on any atom is -0.492 e. The van der Waals surface area contributed by atoms with Gasteiger partial charge in [-0.1, -0.05) is 42.6 Å². The fraction of sp³-hybridized carbons (Fsp3) is 0.550. The highest BCUT2D eigenvalue weighted by Crippen LogP contribution is 2.33. The standard InChI is InChI=1S/C20H26ClN3O3S/c1-14(28-20-23-22-18(27-20)15-6-4-3-5-7-15)19(25)24(2)12-13-26-17-10-8-16(21)9-11-17/h8-11,14-15H,3-7,12-13H2,1-2H3. The first-order valence-corrected chi connectivity index (χ1v) is 10.9. The van der Waals surface area contributed by atoms with E-state index in [9.17, 15) is 4.79 Å². The molecule has 1 aromatic carbocycles. The van der Waals surface area contributed by atoms with Crippen molar-refractivity contribution in [2.75, 3.05) is 20.2 Å². The number of rotatable bonds is 8. The van der Waals surface area contributed by atoms with Gasteiger partial charge in [0.2, 0.25) is 11.8 Å². The summed E-state index contributed by atoms with van der Waals surface area (Å²) >= 11 is 7.17. The number of ether oxygens (including phenoxy) is 1. The van der Waals surface area contributed by atoms with E-state index in [4.69, 9.17) is 20.8 Å². The third-order valence-corrected chi connectivity index (χ3v) is 6.06. The van der Waals surface area contributed by atoms with Gasteiger partial charge in [0.1, 0.15) is 12.4 Å². The van der Waals surface area contributed by atoms with E-state index in [1.165, 1.54) is 31.0 Å². The third kappa shape index (κ3) is 5.88. The Labute approximate surface area is 175 Å². The summed E-state index contributed by atoms with van der Waals surface area (Å²) in [7, 11) is 1.77. The molecule has 0 saturated heterocycles. The molecular formula is C20H26ClN3O3S. The normalized spacial score (nSPS) is 16.0. The molecule has 0 aliphatic heterocycles. The Balaban J connectivity index is 1.44. The molecule has 1 aliphatic rings. The van der Waals surface area contributed by atoms with Gasteiger partial charge in [-0.3, -0.25) is 4.79 Å². The maximum Gasteiger partial charge on any atom is 0.277 e. The van der Waals surface area contributed by atoms with Gasteiger partial charge in [-0.25, -0.2) is 0 Å². The first-order valence-electron chi connectivity index (χ1n) is 9.66. The lowest BCUT2D eigenvalue weighted by Gasteiger charge is -2.20. The summed E-state index contributed by atoms with van der Waals surface area (Å²) in [6.07, 6.45) is 5.93. The van der Waals surface area contributed by atoms with Crippen LogP contribution in [0.4, 0.5) is 0 Å². The lowest BCUT2D eigenvalue weighted by molar-refractivity contribution is -0.129. The minimum absolute atomic E-state index is 0.00197. The van der Waals surface area contributed by atoms with Crippen molar-refractivity contribution in [2.24, 2.45) is 0 Å². The highest BCUT2D eigenvalue weighted by atomic mass is 35.5. The Hall–Kier alpha value is -1.73. The fourth-order valence-electron chi connectivity index (χ4n) is 3.24. The molecule has 1 unspecified atom stereocenters. The second-order valence-corrected chi connectivity index (χ2v) is 8.79. The maximum atomic E-state index is 12.6. The van der Waals surface area contributed by atoms with Gasteiger partial charge >= 0.3 is 0 Å². The van der Waals surface area contributed by atoms with E-state index in [1.807, 2.05) is 19.1 Å². The molecule has 152 valence electrons. The van der Waals surface area contributed by atoms with Crippen LogP contribution in [0.5, 0.6) is 5.75 Å². The molecule has 0 N–H and O–H groups in total. The minimum atomic E-state index is -0.305. The molecule has 0 bridgehead atoms. The largest absolute Gasteiger partial charge is 0.492 e.